The number of aliphatic carboxylic acids is 1. The number of nitrogens with one attached hydrogen (secondary N) is 3. The first kappa shape index (κ1) is 16.9. The Hall–Kier alpha value is -2.12. The molecule has 0 aromatic carbocycles. The summed E-state index contributed by atoms with van der Waals surface area (Å²) in [6.07, 6.45) is 1.69. The number of carboxylic acid groups (broad SMARTS) is 1. The Morgan fingerprint density at radius 2 is 1.71 bits per heavy atom. The predicted molar refractivity (Wildman–Crippen MR) is 73.3 cm³/mol. The Morgan fingerprint density at radius 3 is 2.29 bits per heavy atom. The van der Waals surface area contributed by atoms with E-state index in [0.717, 1.165) is 12.8 Å². The molecule has 0 bridgehead atoms. The van der Waals surface area contributed by atoms with Gasteiger partial charge in [-0.1, -0.05) is 6.92 Å². The fourth-order valence-corrected chi connectivity index (χ4v) is 1.76. The maximum absolute atomic E-state index is 11.4. The van der Waals surface area contributed by atoms with Crippen LogP contribution in [-0.2, 0) is 14.4 Å². The van der Waals surface area contributed by atoms with Gasteiger partial charge in [-0.25, -0.2) is 4.79 Å². The van der Waals surface area contributed by atoms with E-state index < -0.39 is 17.9 Å². The van der Waals surface area contributed by atoms with Crippen LogP contribution in [0.2, 0.25) is 0 Å². The van der Waals surface area contributed by atoms with Crippen LogP contribution in [0.1, 0.15) is 32.6 Å². The lowest BCUT2D eigenvalue weighted by atomic mass is 10.0. The van der Waals surface area contributed by atoms with Crippen molar-refractivity contribution in [3.63, 3.8) is 0 Å². The minimum absolute atomic E-state index is 0.00391. The van der Waals surface area contributed by atoms with Gasteiger partial charge in [0.15, 0.2) is 0 Å². The van der Waals surface area contributed by atoms with E-state index in [-0.39, 0.29) is 37.1 Å². The van der Waals surface area contributed by atoms with Crippen molar-refractivity contribution in [1.29, 1.82) is 0 Å². The highest BCUT2D eigenvalue weighted by Crippen LogP contribution is 2.28. The van der Waals surface area contributed by atoms with Gasteiger partial charge in [-0.3, -0.25) is 19.7 Å². The minimum Gasteiger partial charge on any atom is -0.481 e. The van der Waals surface area contributed by atoms with Crippen LogP contribution < -0.4 is 16.0 Å². The first-order chi connectivity index (χ1) is 9.88. The van der Waals surface area contributed by atoms with Crippen molar-refractivity contribution in [3.8, 4) is 0 Å². The fraction of sp³-hybridized carbons (Fsp3) is 0.692. The molecular weight excluding hydrogens is 278 g/mol. The Bertz CT molecular complexity index is 420. The second kappa shape index (κ2) is 8.23. The summed E-state index contributed by atoms with van der Waals surface area (Å²) in [6, 6.07) is -0.650. The Labute approximate surface area is 122 Å². The van der Waals surface area contributed by atoms with Gasteiger partial charge in [0.05, 0.1) is 0 Å². The average molecular weight is 299 g/mol. The largest absolute Gasteiger partial charge is 0.481 e. The smallest absolute Gasteiger partial charge is 0.321 e. The SMILES string of the molecule is CC(CC(=O)O)CC(=O)NC(=O)NCCNC(=O)C1CC1. The summed E-state index contributed by atoms with van der Waals surface area (Å²) in [6.45, 7) is 2.16. The molecule has 1 saturated carbocycles. The van der Waals surface area contributed by atoms with Crippen LogP contribution in [0.4, 0.5) is 4.79 Å². The molecule has 0 radical (unpaired) electrons. The van der Waals surface area contributed by atoms with E-state index in [1.165, 1.54) is 0 Å². The van der Waals surface area contributed by atoms with Gasteiger partial charge in [-0.2, -0.15) is 0 Å². The lowest BCUT2D eigenvalue weighted by Crippen LogP contribution is -2.43. The van der Waals surface area contributed by atoms with Crippen molar-refractivity contribution in [2.45, 2.75) is 32.6 Å². The molecule has 1 aliphatic carbocycles. The Balaban J connectivity index is 2.07. The van der Waals surface area contributed by atoms with Crippen LogP contribution in [0.5, 0.6) is 0 Å². The van der Waals surface area contributed by atoms with Crippen LogP contribution in [0.15, 0.2) is 0 Å². The molecule has 0 saturated heterocycles. The van der Waals surface area contributed by atoms with Gasteiger partial charge in [-0.15, -0.1) is 0 Å². The molecule has 1 rings (SSSR count). The van der Waals surface area contributed by atoms with E-state index >= 15 is 0 Å². The number of hydrogen-bond donors (Lipinski definition) is 4. The van der Waals surface area contributed by atoms with Gasteiger partial charge in [0, 0.05) is 31.8 Å². The third-order valence-electron chi connectivity index (χ3n) is 2.97. The normalized spacial score (nSPS) is 14.9. The molecule has 1 aliphatic rings. The molecule has 8 heteroatoms. The molecule has 4 amide bonds. The first-order valence-electron chi connectivity index (χ1n) is 6.95. The van der Waals surface area contributed by atoms with E-state index in [0.29, 0.717) is 6.54 Å². The molecule has 1 fully saturated rings. The second-order valence-corrected chi connectivity index (χ2v) is 5.28. The van der Waals surface area contributed by atoms with E-state index in [1.54, 1.807) is 6.92 Å². The monoisotopic (exact) mass is 299 g/mol. The Morgan fingerprint density at radius 1 is 1.10 bits per heavy atom. The van der Waals surface area contributed by atoms with Gasteiger partial charge in [0.25, 0.3) is 0 Å². The topological polar surface area (TPSA) is 125 Å². The number of rotatable bonds is 8. The highest BCUT2D eigenvalue weighted by molar-refractivity contribution is 5.94. The molecule has 0 aromatic rings. The highest BCUT2D eigenvalue weighted by Gasteiger charge is 2.28. The average Bonchev–Trinajstić information content (AvgIpc) is 3.16. The molecule has 21 heavy (non-hydrogen) atoms. The van der Waals surface area contributed by atoms with Crippen LogP contribution in [0.25, 0.3) is 0 Å². The van der Waals surface area contributed by atoms with Gasteiger partial charge >= 0.3 is 12.0 Å². The van der Waals surface area contributed by atoms with Crippen molar-refractivity contribution in [3.05, 3.63) is 0 Å². The first-order valence-corrected chi connectivity index (χ1v) is 6.95. The van der Waals surface area contributed by atoms with Crippen LogP contribution in [0, 0.1) is 11.8 Å². The molecule has 0 heterocycles. The molecule has 118 valence electrons. The van der Waals surface area contributed by atoms with E-state index in [4.69, 9.17) is 5.11 Å². The van der Waals surface area contributed by atoms with E-state index in [1.807, 2.05) is 0 Å². The summed E-state index contributed by atoms with van der Waals surface area (Å²) in [4.78, 5) is 44.6. The summed E-state index contributed by atoms with van der Waals surface area (Å²) < 4.78 is 0. The third-order valence-corrected chi connectivity index (χ3v) is 2.97. The summed E-state index contributed by atoms with van der Waals surface area (Å²) >= 11 is 0. The fourth-order valence-electron chi connectivity index (χ4n) is 1.76. The van der Waals surface area contributed by atoms with Crippen LogP contribution >= 0.6 is 0 Å². The number of carboxylic acids is 1. The van der Waals surface area contributed by atoms with E-state index in [2.05, 4.69) is 16.0 Å². The Kier molecular flexibility index (Phi) is 6.64. The lowest BCUT2D eigenvalue weighted by Gasteiger charge is -2.10. The zero-order chi connectivity index (χ0) is 15.8. The zero-order valence-electron chi connectivity index (χ0n) is 12.0. The number of urea groups is 1. The molecule has 1 unspecified atom stereocenters. The highest BCUT2D eigenvalue weighted by atomic mass is 16.4. The van der Waals surface area contributed by atoms with Crippen molar-refractivity contribution in [2.24, 2.45) is 11.8 Å². The van der Waals surface area contributed by atoms with Crippen LogP contribution in [-0.4, -0.2) is 42.0 Å². The molecule has 1 atom stereocenters. The molecular formula is C13H21N3O5. The standard InChI is InChI=1S/C13H21N3O5/c1-8(7-11(18)19)6-10(17)16-13(21)15-5-4-14-12(20)9-2-3-9/h8-9H,2-7H2,1H3,(H,14,20)(H,18,19)(H2,15,16,17,21). The predicted octanol–water partition coefficient (Wildman–Crippen LogP) is -0.161. The van der Waals surface area contributed by atoms with Gasteiger partial charge in [0.1, 0.15) is 0 Å². The number of carbonyl (C=O) groups is 4. The van der Waals surface area contributed by atoms with E-state index in [9.17, 15) is 19.2 Å². The maximum Gasteiger partial charge on any atom is 0.321 e. The second-order valence-electron chi connectivity index (χ2n) is 5.28. The molecule has 0 aliphatic heterocycles. The van der Waals surface area contributed by atoms with Crippen molar-refractivity contribution >= 4 is 23.8 Å². The van der Waals surface area contributed by atoms with Crippen LogP contribution in [0.3, 0.4) is 0 Å². The van der Waals surface area contributed by atoms with Crippen molar-refractivity contribution in [1.82, 2.24) is 16.0 Å². The minimum atomic E-state index is -0.980. The number of amides is 4. The number of imide groups is 1. The van der Waals surface area contributed by atoms with Gasteiger partial charge in [0.2, 0.25) is 11.8 Å². The van der Waals surface area contributed by atoms with Gasteiger partial charge < -0.3 is 15.7 Å². The zero-order valence-corrected chi connectivity index (χ0v) is 12.0. The summed E-state index contributed by atoms with van der Waals surface area (Å²) in [5.74, 6) is -1.73. The summed E-state index contributed by atoms with van der Waals surface area (Å²) in [5.41, 5.74) is 0. The quantitative estimate of drug-likeness (QED) is 0.463. The van der Waals surface area contributed by atoms with Crippen molar-refractivity contribution < 1.29 is 24.3 Å². The summed E-state index contributed by atoms with van der Waals surface area (Å²) in [7, 11) is 0. The third kappa shape index (κ3) is 7.91. The molecule has 0 aromatic heterocycles. The molecule has 4 N–H and O–H groups in total. The molecule has 0 spiro atoms. The van der Waals surface area contributed by atoms with Gasteiger partial charge in [-0.05, 0) is 18.8 Å². The maximum atomic E-state index is 11.4. The molecule has 8 nitrogen and oxygen atoms in total. The lowest BCUT2D eigenvalue weighted by molar-refractivity contribution is -0.138. The summed E-state index contributed by atoms with van der Waals surface area (Å²) in [5, 5.41) is 15.8. The number of hydrogen-bond acceptors (Lipinski definition) is 4. The number of carbonyl (C=O) groups excluding carboxylic acids is 3. The van der Waals surface area contributed by atoms with Crippen molar-refractivity contribution in [2.75, 3.05) is 13.1 Å².